The van der Waals surface area contributed by atoms with Crippen LogP contribution < -0.4 is 15.5 Å². The molecule has 0 aliphatic rings. The number of thioether (sulfide) groups is 1. The van der Waals surface area contributed by atoms with Crippen molar-refractivity contribution in [3.05, 3.63) is 88.3 Å². The van der Waals surface area contributed by atoms with Gasteiger partial charge in [-0.2, -0.15) is 0 Å². The Hall–Kier alpha value is -3.13. The number of nitrogens with one attached hydrogen (secondary N) is 1. The summed E-state index contributed by atoms with van der Waals surface area (Å²) in [4.78, 5) is 25.4. The van der Waals surface area contributed by atoms with Crippen LogP contribution in [0.4, 0.5) is 14.5 Å². The fourth-order valence-corrected chi connectivity index (χ4v) is 3.52. The number of carbonyl (C=O) groups excluding carboxylic acids is 1. The van der Waals surface area contributed by atoms with Crippen molar-refractivity contribution in [2.45, 2.75) is 17.2 Å². The summed E-state index contributed by atoms with van der Waals surface area (Å²) in [5.41, 5.74) is 0.633. The Labute approximate surface area is 170 Å². The topological polar surface area (TPSA) is 60.3 Å². The van der Waals surface area contributed by atoms with Gasteiger partial charge in [-0.3, -0.25) is 9.59 Å². The molecular weight excluding hydrogens is 398 g/mol. The van der Waals surface area contributed by atoms with Gasteiger partial charge in [0.25, 0.3) is 0 Å². The first-order valence-electron chi connectivity index (χ1n) is 8.66. The predicted octanol–water partition coefficient (Wildman–Crippen LogP) is 4.07. The van der Waals surface area contributed by atoms with E-state index < -0.39 is 5.82 Å². The third-order valence-electron chi connectivity index (χ3n) is 4.03. The summed E-state index contributed by atoms with van der Waals surface area (Å²) in [6, 6.07) is 13.0. The number of pyridine rings is 1. The lowest BCUT2D eigenvalue weighted by Crippen LogP contribution is -2.22. The van der Waals surface area contributed by atoms with Crippen LogP contribution in [0.3, 0.4) is 0 Å². The lowest BCUT2D eigenvalue weighted by molar-refractivity contribution is -0.116. The first-order valence-corrected chi connectivity index (χ1v) is 9.64. The maximum Gasteiger partial charge on any atom is 0.244 e. The number of benzene rings is 2. The van der Waals surface area contributed by atoms with Crippen molar-refractivity contribution in [2.24, 2.45) is 0 Å². The second kappa shape index (κ2) is 9.38. The quantitative estimate of drug-likeness (QED) is 0.590. The molecule has 1 heterocycles. The van der Waals surface area contributed by atoms with Crippen LogP contribution in [0.15, 0.2) is 70.5 Å². The lowest BCUT2D eigenvalue weighted by Gasteiger charge is -2.15. The van der Waals surface area contributed by atoms with Gasteiger partial charge in [-0.15, -0.1) is 11.8 Å². The number of methoxy groups -OCH3 is 1. The van der Waals surface area contributed by atoms with E-state index in [-0.39, 0.29) is 29.4 Å². The van der Waals surface area contributed by atoms with Crippen molar-refractivity contribution >= 4 is 23.4 Å². The Balaban J connectivity index is 1.78. The second-order valence-electron chi connectivity index (χ2n) is 6.13. The summed E-state index contributed by atoms with van der Waals surface area (Å²) in [5.74, 6) is -0.666. The van der Waals surface area contributed by atoms with Crippen LogP contribution in [-0.4, -0.2) is 17.6 Å². The molecule has 3 rings (SSSR count). The average Bonchev–Trinajstić information content (AvgIpc) is 2.69. The lowest BCUT2D eigenvalue weighted by atomic mass is 10.3. The van der Waals surface area contributed by atoms with Crippen molar-refractivity contribution in [3.63, 3.8) is 0 Å². The third kappa shape index (κ3) is 5.68. The highest BCUT2D eigenvalue weighted by atomic mass is 32.2. The SMILES string of the molecule is COc1cn(CC(=O)Nc2cccc(F)c2)c(CSc2ccc(F)cc2)cc1=O. The number of hydrogen-bond donors (Lipinski definition) is 1. The number of aromatic nitrogens is 1. The molecule has 29 heavy (non-hydrogen) atoms. The van der Waals surface area contributed by atoms with Crippen LogP contribution in [0.5, 0.6) is 5.75 Å². The molecule has 0 fully saturated rings. The molecule has 1 aromatic heterocycles. The van der Waals surface area contributed by atoms with Gasteiger partial charge >= 0.3 is 0 Å². The van der Waals surface area contributed by atoms with E-state index in [1.165, 1.54) is 61.5 Å². The predicted molar refractivity (Wildman–Crippen MR) is 108 cm³/mol. The van der Waals surface area contributed by atoms with Crippen LogP contribution >= 0.6 is 11.8 Å². The first-order chi connectivity index (χ1) is 13.9. The molecule has 150 valence electrons. The van der Waals surface area contributed by atoms with Crippen LogP contribution in [-0.2, 0) is 17.1 Å². The minimum Gasteiger partial charge on any atom is -0.491 e. The van der Waals surface area contributed by atoms with Gasteiger partial charge in [0.05, 0.1) is 13.3 Å². The summed E-state index contributed by atoms with van der Waals surface area (Å²) in [7, 11) is 1.38. The molecule has 0 bridgehead atoms. The maximum atomic E-state index is 13.3. The molecule has 0 atom stereocenters. The van der Waals surface area contributed by atoms with Crippen molar-refractivity contribution in [1.29, 1.82) is 0 Å². The molecule has 1 amide bonds. The minimum absolute atomic E-state index is 0.0908. The van der Waals surface area contributed by atoms with Crippen molar-refractivity contribution in [3.8, 4) is 5.75 Å². The average molecular weight is 416 g/mol. The monoisotopic (exact) mass is 416 g/mol. The van der Waals surface area contributed by atoms with E-state index in [2.05, 4.69) is 5.32 Å². The molecule has 0 radical (unpaired) electrons. The normalized spacial score (nSPS) is 10.6. The van der Waals surface area contributed by atoms with E-state index >= 15 is 0 Å². The van der Waals surface area contributed by atoms with Crippen molar-refractivity contribution in [1.82, 2.24) is 4.57 Å². The highest BCUT2D eigenvalue weighted by Crippen LogP contribution is 2.23. The van der Waals surface area contributed by atoms with E-state index in [1.54, 1.807) is 22.8 Å². The number of halogens is 2. The number of hydrogen-bond acceptors (Lipinski definition) is 4. The van der Waals surface area contributed by atoms with Crippen LogP contribution in [0, 0.1) is 11.6 Å². The van der Waals surface area contributed by atoms with Crippen molar-refractivity contribution in [2.75, 3.05) is 12.4 Å². The zero-order valence-electron chi connectivity index (χ0n) is 15.5. The van der Waals surface area contributed by atoms with Gasteiger partial charge in [-0.1, -0.05) is 6.07 Å². The van der Waals surface area contributed by atoms with Gasteiger partial charge in [0.15, 0.2) is 5.75 Å². The summed E-state index contributed by atoms with van der Waals surface area (Å²) in [5, 5.41) is 2.62. The number of carbonyl (C=O) groups is 1. The number of anilines is 1. The summed E-state index contributed by atoms with van der Waals surface area (Å²) < 4.78 is 33.0. The number of rotatable bonds is 7. The molecule has 0 saturated carbocycles. The van der Waals surface area contributed by atoms with E-state index in [1.807, 2.05) is 0 Å². The Bertz CT molecular complexity index is 1070. The molecule has 0 aliphatic carbocycles. The van der Waals surface area contributed by atoms with Gasteiger partial charge < -0.3 is 14.6 Å². The van der Waals surface area contributed by atoms with E-state index in [4.69, 9.17) is 4.74 Å². The molecule has 0 unspecified atom stereocenters. The van der Waals surface area contributed by atoms with Gasteiger partial charge in [-0.25, -0.2) is 8.78 Å². The summed E-state index contributed by atoms with van der Waals surface area (Å²) in [6.07, 6.45) is 1.47. The molecular formula is C21H18F2N2O3S. The van der Waals surface area contributed by atoms with Gasteiger partial charge in [-0.05, 0) is 42.5 Å². The fraction of sp³-hybridized carbons (Fsp3) is 0.143. The maximum absolute atomic E-state index is 13.3. The van der Waals surface area contributed by atoms with Gasteiger partial charge in [0.1, 0.15) is 18.2 Å². The highest BCUT2D eigenvalue weighted by molar-refractivity contribution is 7.98. The fourth-order valence-electron chi connectivity index (χ4n) is 2.63. The summed E-state index contributed by atoms with van der Waals surface area (Å²) >= 11 is 1.40. The summed E-state index contributed by atoms with van der Waals surface area (Å²) in [6.45, 7) is -0.0908. The minimum atomic E-state index is -0.454. The van der Waals surface area contributed by atoms with Crippen LogP contribution in [0.2, 0.25) is 0 Å². The van der Waals surface area contributed by atoms with Crippen LogP contribution in [0.1, 0.15) is 5.69 Å². The Morgan fingerprint density at radius 1 is 1.10 bits per heavy atom. The van der Waals surface area contributed by atoms with Crippen molar-refractivity contribution < 1.29 is 18.3 Å². The Kier molecular flexibility index (Phi) is 6.66. The number of ether oxygens (including phenoxy) is 1. The zero-order chi connectivity index (χ0) is 20.8. The number of nitrogens with zero attached hydrogens (tertiary/aromatic N) is 1. The zero-order valence-corrected chi connectivity index (χ0v) is 16.3. The number of amides is 1. The van der Waals surface area contributed by atoms with E-state index in [0.29, 0.717) is 17.1 Å². The van der Waals surface area contributed by atoms with Gasteiger partial charge in [0.2, 0.25) is 11.3 Å². The second-order valence-corrected chi connectivity index (χ2v) is 7.18. The molecule has 0 spiro atoms. The van der Waals surface area contributed by atoms with Gasteiger partial charge in [0, 0.05) is 28.1 Å². The van der Waals surface area contributed by atoms with Crippen LogP contribution in [0.25, 0.3) is 0 Å². The molecule has 5 nitrogen and oxygen atoms in total. The standard InChI is InChI=1S/C21H18F2N2O3S/c1-28-20-11-25(12-21(27)24-16-4-2-3-15(23)9-16)17(10-19(20)26)13-29-18-7-5-14(22)6-8-18/h2-11H,12-13H2,1H3,(H,24,27). The van der Waals surface area contributed by atoms with E-state index in [0.717, 1.165) is 4.90 Å². The van der Waals surface area contributed by atoms with E-state index in [9.17, 15) is 18.4 Å². The molecule has 0 aliphatic heterocycles. The highest BCUT2D eigenvalue weighted by Gasteiger charge is 2.12. The Morgan fingerprint density at radius 3 is 2.55 bits per heavy atom. The molecule has 2 aromatic carbocycles. The first kappa shape index (κ1) is 20.6. The smallest absolute Gasteiger partial charge is 0.244 e. The largest absolute Gasteiger partial charge is 0.491 e. The molecule has 3 aromatic rings. The Morgan fingerprint density at radius 2 is 1.86 bits per heavy atom. The third-order valence-corrected chi connectivity index (χ3v) is 5.07. The molecule has 8 heteroatoms. The molecule has 1 N–H and O–H groups in total. The molecule has 0 saturated heterocycles.